The molecule has 0 spiro atoms. The van der Waals surface area contributed by atoms with Crippen LogP contribution in [0.4, 0.5) is 0 Å². The summed E-state index contributed by atoms with van der Waals surface area (Å²) in [6.45, 7) is 1.69. The zero-order valence-corrected chi connectivity index (χ0v) is 16.1. The Morgan fingerprint density at radius 2 is 1.61 bits per heavy atom. The van der Waals surface area contributed by atoms with E-state index in [0.29, 0.717) is 21.4 Å². The molecular weight excluding hydrogens is 403 g/mol. The number of hydrogen-bond donors (Lipinski definition) is 2. The summed E-state index contributed by atoms with van der Waals surface area (Å²) < 4.78 is 1.44. The molecule has 28 heavy (non-hydrogen) atoms. The molecule has 0 aliphatic rings. The maximum atomic E-state index is 12.4. The molecular formula is C19H14Cl2N4O3. The third-order valence-electron chi connectivity index (χ3n) is 3.77. The molecule has 2 N–H and O–H groups in total. The smallest absolute Gasteiger partial charge is 0.287 e. The first-order valence-corrected chi connectivity index (χ1v) is 8.84. The van der Waals surface area contributed by atoms with E-state index >= 15 is 0 Å². The number of rotatable bonds is 3. The van der Waals surface area contributed by atoms with Gasteiger partial charge in [-0.1, -0.05) is 29.3 Å². The second-order valence-corrected chi connectivity index (χ2v) is 6.68. The first kappa shape index (κ1) is 19.6. The minimum atomic E-state index is -0.844. The highest BCUT2D eigenvalue weighted by Crippen LogP contribution is 2.14. The van der Waals surface area contributed by atoms with Gasteiger partial charge < -0.3 is 0 Å². The maximum Gasteiger partial charge on any atom is 0.294 e. The standard InChI is InChI=1S/C19H14Cl2N4O3/c1-11-9-16(26)17(24-25(11)15-7-5-13(20)6-8-15)19(28)23-22-18(27)12-3-2-4-14(21)10-12/h2-10H,1H3,(H,22,27)(H,23,28). The number of amides is 2. The molecule has 0 bridgehead atoms. The molecule has 142 valence electrons. The SMILES string of the molecule is Cc1cc(=O)c(C(=O)NNC(=O)c2cccc(Cl)c2)nn1-c1ccc(Cl)cc1. The fraction of sp³-hybridized carbons (Fsp3) is 0.0526. The number of nitrogens with zero attached hydrogens (tertiary/aromatic N) is 2. The summed E-state index contributed by atoms with van der Waals surface area (Å²) in [5.74, 6) is -1.43. The van der Waals surface area contributed by atoms with E-state index in [-0.39, 0.29) is 11.3 Å². The van der Waals surface area contributed by atoms with Gasteiger partial charge in [-0.25, -0.2) is 4.68 Å². The molecule has 0 saturated carbocycles. The molecule has 2 aromatic carbocycles. The van der Waals surface area contributed by atoms with Crippen LogP contribution in [0, 0.1) is 6.92 Å². The number of hydrazine groups is 1. The van der Waals surface area contributed by atoms with Gasteiger partial charge in [-0.15, -0.1) is 0 Å². The van der Waals surface area contributed by atoms with Crippen LogP contribution >= 0.6 is 23.2 Å². The van der Waals surface area contributed by atoms with E-state index < -0.39 is 17.2 Å². The van der Waals surface area contributed by atoms with Gasteiger partial charge >= 0.3 is 0 Å². The lowest BCUT2D eigenvalue weighted by Crippen LogP contribution is -2.44. The van der Waals surface area contributed by atoms with Gasteiger partial charge in [0.2, 0.25) is 5.43 Å². The van der Waals surface area contributed by atoms with Crippen LogP contribution in [0.25, 0.3) is 5.69 Å². The van der Waals surface area contributed by atoms with Gasteiger partial charge in [0, 0.05) is 27.4 Å². The first-order valence-electron chi connectivity index (χ1n) is 8.08. The molecule has 0 radical (unpaired) electrons. The van der Waals surface area contributed by atoms with E-state index in [0.717, 1.165) is 0 Å². The average molecular weight is 417 g/mol. The van der Waals surface area contributed by atoms with Gasteiger partial charge in [-0.3, -0.25) is 25.2 Å². The number of benzene rings is 2. The molecule has 3 aromatic rings. The van der Waals surface area contributed by atoms with Crippen LogP contribution < -0.4 is 16.3 Å². The second-order valence-electron chi connectivity index (χ2n) is 5.81. The number of nitrogens with one attached hydrogen (secondary N) is 2. The minimum absolute atomic E-state index is 0.253. The Kier molecular flexibility index (Phi) is 5.77. The molecule has 0 atom stereocenters. The third-order valence-corrected chi connectivity index (χ3v) is 4.26. The Hall–Kier alpha value is -3.16. The zero-order chi connectivity index (χ0) is 20.3. The van der Waals surface area contributed by atoms with Crippen molar-refractivity contribution < 1.29 is 9.59 Å². The molecule has 0 aliphatic carbocycles. The topological polar surface area (TPSA) is 93.1 Å². The molecule has 0 aliphatic heterocycles. The van der Waals surface area contributed by atoms with Crippen molar-refractivity contribution in [1.29, 1.82) is 0 Å². The minimum Gasteiger partial charge on any atom is -0.287 e. The molecule has 7 nitrogen and oxygen atoms in total. The van der Waals surface area contributed by atoms with Crippen LogP contribution in [0.5, 0.6) is 0 Å². The number of aryl methyl sites for hydroxylation is 1. The molecule has 9 heteroatoms. The summed E-state index contributed by atoms with van der Waals surface area (Å²) in [7, 11) is 0. The molecule has 3 rings (SSSR count). The van der Waals surface area contributed by atoms with Gasteiger partial charge in [-0.2, -0.15) is 5.10 Å². The van der Waals surface area contributed by atoms with Crippen molar-refractivity contribution in [3.8, 4) is 5.69 Å². The number of hydrogen-bond acceptors (Lipinski definition) is 4. The van der Waals surface area contributed by atoms with Crippen LogP contribution in [-0.2, 0) is 0 Å². The van der Waals surface area contributed by atoms with Crippen LogP contribution in [0.3, 0.4) is 0 Å². The molecule has 1 aromatic heterocycles. The van der Waals surface area contributed by atoms with Crippen LogP contribution in [0.1, 0.15) is 26.5 Å². The van der Waals surface area contributed by atoms with Gasteiger partial charge in [0.05, 0.1) is 5.69 Å². The Morgan fingerprint density at radius 3 is 2.29 bits per heavy atom. The summed E-state index contributed by atoms with van der Waals surface area (Å²) in [5, 5.41) is 5.04. The summed E-state index contributed by atoms with van der Waals surface area (Å²) in [5.41, 5.74) is 4.89. The van der Waals surface area contributed by atoms with E-state index in [9.17, 15) is 14.4 Å². The lowest BCUT2D eigenvalue weighted by atomic mass is 10.2. The van der Waals surface area contributed by atoms with Crippen molar-refractivity contribution in [3.05, 3.63) is 91.8 Å². The summed E-state index contributed by atoms with van der Waals surface area (Å²) in [4.78, 5) is 36.7. The highest BCUT2D eigenvalue weighted by atomic mass is 35.5. The second kappa shape index (κ2) is 8.24. The quantitative estimate of drug-likeness (QED) is 0.641. The Bertz CT molecular complexity index is 1110. The van der Waals surface area contributed by atoms with E-state index in [1.54, 1.807) is 43.3 Å². The van der Waals surface area contributed by atoms with Crippen molar-refractivity contribution in [1.82, 2.24) is 20.6 Å². The average Bonchev–Trinajstić information content (AvgIpc) is 2.67. The lowest BCUT2D eigenvalue weighted by molar-refractivity contribution is 0.0842. The first-order chi connectivity index (χ1) is 13.3. The van der Waals surface area contributed by atoms with Gasteiger partial charge in [0.1, 0.15) is 0 Å². The molecule has 1 heterocycles. The summed E-state index contributed by atoms with van der Waals surface area (Å²) in [6.07, 6.45) is 0. The van der Waals surface area contributed by atoms with Crippen molar-refractivity contribution in [2.45, 2.75) is 6.92 Å². The molecule has 0 fully saturated rings. The van der Waals surface area contributed by atoms with Crippen molar-refractivity contribution in [2.75, 3.05) is 0 Å². The van der Waals surface area contributed by atoms with Crippen LogP contribution in [0.2, 0.25) is 10.0 Å². The molecule has 0 saturated heterocycles. The fourth-order valence-corrected chi connectivity index (χ4v) is 2.74. The largest absolute Gasteiger partial charge is 0.294 e. The number of aromatic nitrogens is 2. The van der Waals surface area contributed by atoms with Crippen LogP contribution in [-0.4, -0.2) is 21.6 Å². The predicted molar refractivity (Wildman–Crippen MR) is 106 cm³/mol. The maximum absolute atomic E-state index is 12.4. The molecule has 0 unspecified atom stereocenters. The summed E-state index contributed by atoms with van der Waals surface area (Å²) in [6, 6.07) is 14.2. The van der Waals surface area contributed by atoms with Crippen molar-refractivity contribution in [3.63, 3.8) is 0 Å². The highest BCUT2D eigenvalue weighted by molar-refractivity contribution is 6.31. The Balaban J connectivity index is 1.81. The number of carbonyl (C=O) groups is 2. The lowest BCUT2D eigenvalue weighted by Gasteiger charge is -2.12. The van der Waals surface area contributed by atoms with E-state index in [1.807, 2.05) is 0 Å². The normalized spacial score (nSPS) is 10.4. The van der Waals surface area contributed by atoms with Crippen LogP contribution in [0.15, 0.2) is 59.4 Å². The monoisotopic (exact) mass is 416 g/mol. The van der Waals surface area contributed by atoms with Crippen molar-refractivity contribution in [2.24, 2.45) is 0 Å². The third kappa shape index (κ3) is 4.39. The highest BCUT2D eigenvalue weighted by Gasteiger charge is 2.16. The zero-order valence-electron chi connectivity index (χ0n) is 14.6. The Labute approximate surface area is 169 Å². The fourth-order valence-electron chi connectivity index (χ4n) is 2.42. The van der Waals surface area contributed by atoms with Gasteiger partial charge in [0.15, 0.2) is 5.69 Å². The van der Waals surface area contributed by atoms with Gasteiger partial charge in [0.25, 0.3) is 11.8 Å². The van der Waals surface area contributed by atoms with E-state index in [2.05, 4.69) is 16.0 Å². The van der Waals surface area contributed by atoms with Crippen molar-refractivity contribution >= 4 is 35.0 Å². The molecule has 2 amide bonds. The van der Waals surface area contributed by atoms with E-state index in [4.69, 9.17) is 23.2 Å². The van der Waals surface area contributed by atoms with Gasteiger partial charge in [-0.05, 0) is 49.4 Å². The number of halogens is 2. The predicted octanol–water partition coefficient (Wildman–Crippen LogP) is 2.92. The number of carbonyl (C=O) groups excluding carboxylic acids is 2. The Morgan fingerprint density at radius 1 is 0.929 bits per heavy atom. The summed E-state index contributed by atoms with van der Waals surface area (Å²) >= 11 is 11.7. The van der Waals surface area contributed by atoms with E-state index in [1.165, 1.54) is 22.9 Å².